The predicted octanol–water partition coefficient (Wildman–Crippen LogP) is 3.78. The Morgan fingerprint density at radius 1 is 1.00 bits per heavy atom. The summed E-state index contributed by atoms with van der Waals surface area (Å²) < 4.78 is 31.0. The quantitative estimate of drug-likeness (QED) is 0.841. The van der Waals surface area contributed by atoms with Gasteiger partial charge in [0, 0.05) is 29.9 Å². The Labute approximate surface area is 141 Å². The van der Waals surface area contributed by atoms with E-state index in [2.05, 4.69) is 4.90 Å². The fraction of sp³-hybridized carbons (Fsp3) is 0.294. The van der Waals surface area contributed by atoms with E-state index >= 15 is 0 Å². The highest BCUT2D eigenvalue weighted by atomic mass is 35.5. The second-order valence-corrected chi connectivity index (χ2v) is 7.90. The average Bonchev–Trinajstić information content (AvgIpc) is 3.09. The van der Waals surface area contributed by atoms with Gasteiger partial charge in [-0.15, -0.1) is 0 Å². The minimum atomic E-state index is -3.61. The Morgan fingerprint density at radius 2 is 1.65 bits per heavy atom. The summed E-state index contributed by atoms with van der Waals surface area (Å²) in [4.78, 5) is 2.65. The lowest BCUT2D eigenvalue weighted by Gasteiger charge is -2.19. The minimum Gasteiger partial charge on any atom is -0.497 e. The van der Waals surface area contributed by atoms with Crippen molar-refractivity contribution in [1.29, 1.82) is 0 Å². The molecule has 0 spiro atoms. The molecule has 0 atom stereocenters. The molecule has 2 aromatic carbocycles. The van der Waals surface area contributed by atoms with Gasteiger partial charge in [0.2, 0.25) is 9.84 Å². The van der Waals surface area contributed by atoms with Crippen LogP contribution in [0.2, 0.25) is 5.02 Å². The summed E-state index contributed by atoms with van der Waals surface area (Å²) in [6, 6.07) is 11.4. The maximum atomic E-state index is 12.9. The monoisotopic (exact) mass is 351 g/mol. The Morgan fingerprint density at radius 3 is 2.26 bits per heavy atom. The molecule has 4 nitrogen and oxygen atoms in total. The van der Waals surface area contributed by atoms with Gasteiger partial charge in [0.1, 0.15) is 5.75 Å². The van der Waals surface area contributed by atoms with E-state index in [1.807, 2.05) is 6.07 Å². The number of benzene rings is 2. The number of halogens is 1. The molecule has 0 aromatic heterocycles. The third-order valence-electron chi connectivity index (χ3n) is 4.01. The molecule has 1 saturated heterocycles. The first-order valence-electron chi connectivity index (χ1n) is 7.45. The van der Waals surface area contributed by atoms with Gasteiger partial charge in [-0.3, -0.25) is 0 Å². The average molecular weight is 352 g/mol. The number of sulfone groups is 1. The van der Waals surface area contributed by atoms with E-state index in [4.69, 9.17) is 16.3 Å². The van der Waals surface area contributed by atoms with Crippen molar-refractivity contribution in [3.05, 3.63) is 47.5 Å². The van der Waals surface area contributed by atoms with E-state index < -0.39 is 9.84 Å². The van der Waals surface area contributed by atoms with Crippen LogP contribution in [-0.4, -0.2) is 28.6 Å². The normalized spacial score (nSPS) is 15.0. The summed E-state index contributed by atoms with van der Waals surface area (Å²) in [5, 5.41) is 0.507. The number of methoxy groups -OCH3 is 1. The third kappa shape index (κ3) is 3.31. The molecule has 0 amide bonds. The van der Waals surface area contributed by atoms with Crippen LogP contribution in [-0.2, 0) is 9.84 Å². The fourth-order valence-corrected chi connectivity index (χ4v) is 4.18. The molecule has 6 heteroatoms. The molecule has 1 heterocycles. The molecule has 23 heavy (non-hydrogen) atoms. The van der Waals surface area contributed by atoms with Crippen LogP contribution in [0.15, 0.2) is 52.3 Å². The first kappa shape index (κ1) is 16.1. The van der Waals surface area contributed by atoms with E-state index in [-0.39, 0.29) is 9.79 Å². The summed E-state index contributed by atoms with van der Waals surface area (Å²) >= 11 is 5.85. The van der Waals surface area contributed by atoms with E-state index in [1.165, 1.54) is 12.1 Å². The van der Waals surface area contributed by atoms with Gasteiger partial charge in [-0.2, -0.15) is 0 Å². The molecule has 0 unspecified atom stereocenters. The summed E-state index contributed by atoms with van der Waals surface area (Å²) in [6.07, 6.45) is 2.24. The summed E-state index contributed by atoms with van der Waals surface area (Å²) in [5.74, 6) is 0.543. The van der Waals surface area contributed by atoms with Crippen LogP contribution < -0.4 is 9.64 Å². The molecule has 1 aliphatic rings. The lowest BCUT2D eigenvalue weighted by atomic mass is 10.3. The van der Waals surface area contributed by atoms with Gasteiger partial charge < -0.3 is 9.64 Å². The van der Waals surface area contributed by atoms with Crippen LogP contribution in [0, 0.1) is 0 Å². The predicted molar refractivity (Wildman–Crippen MR) is 91.3 cm³/mol. The number of ether oxygens (including phenoxy) is 1. The summed E-state index contributed by atoms with van der Waals surface area (Å²) in [5.41, 5.74) is 0.884. The fourth-order valence-electron chi connectivity index (χ4n) is 2.74. The SMILES string of the molecule is COc1cc(N2CCCC2)cc(S(=O)(=O)c2ccc(Cl)cc2)c1. The molecule has 0 N–H and O–H groups in total. The van der Waals surface area contributed by atoms with Crippen molar-refractivity contribution in [2.24, 2.45) is 0 Å². The largest absolute Gasteiger partial charge is 0.497 e. The number of nitrogens with zero attached hydrogens (tertiary/aromatic N) is 1. The van der Waals surface area contributed by atoms with Crippen LogP contribution in [0.3, 0.4) is 0 Å². The molecular weight excluding hydrogens is 334 g/mol. The molecule has 0 bridgehead atoms. The zero-order valence-electron chi connectivity index (χ0n) is 12.8. The Kier molecular flexibility index (Phi) is 4.50. The third-order valence-corrected chi connectivity index (χ3v) is 6.01. The second-order valence-electron chi connectivity index (χ2n) is 5.52. The molecule has 122 valence electrons. The van der Waals surface area contributed by atoms with Crippen LogP contribution in [0.5, 0.6) is 5.75 Å². The van der Waals surface area contributed by atoms with E-state index in [0.29, 0.717) is 10.8 Å². The van der Waals surface area contributed by atoms with Gasteiger partial charge >= 0.3 is 0 Å². The van der Waals surface area contributed by atoms with Gasteiger partial charge in [-0.05, 0) is 49.2 Å². The van der Waals surface area contributed by atoms with Crippen LogP contribution >= 0.6 is 11.6 Å². The van der Waals surface area contributed by atoms with Crippen molar-refractivity contribution in [3.63, 3.8) is 0 Å². The van der Waals surface area contributed by atoms with Gasteiger partial charge in [-0.25, -0.2) is 8.42 Å². The summed E-state index contributed by atoms with van der Waals surface area (Å²) in [6.45, 7) is 1.88. The maximum absolute atomic E-state index is 12.9. The van der Waals surface area contributed by atoms with Gasteiger partial charge in [0.25, 0.3) is 0 Å². The molecule has 0 radical (unpaired) electrons. The molecule has 1 aliphatic heterocycles. The minimum absolute atomic E-state index is 0.225. The van der Waals surface area contributed by atoms with Crippen LogP contribution in [0.1, 0.15) is 12.8 Å². The lowest BCUT2D eigenvalue weighted by molar-refractivity contribution is 0.413. The maximum Gasteiger partial charge on any atom is 0.206 e. The topological polar surface area (TPSA) is 46.6 Å². The van der Waals surface area contributed by atoms with Crippen molar-refractivity contribution in [3.8, 4) is 5.75 Å². The van der Waals surface area contributed by atoms with Crippen LogP contribution in [0.4, 0.5) is 5.69 Å². The molecule has 0 aliphatic carbocycles. The number of anilines is 1. The molecule has 1 fully saturated rings. The standard InChI is InChI=1S/C17H18ClNO3S/c1-22-15-10-14(19-8-2-3-9-19)11-17(12-15)23(20,21)16-6-4-13(18)5-7-16/h4-7,10-12H,2-3,8-9H2,1H3. The lowest BCUT2D eigenvalue weighted by Crippen LogP contribution is -2.18. The Hall–Kier alpha value is -1.72. The van der Waals surface area contributed by atoms with Crippen molar-refractivity contribution in [1.82, 2.24) is 0 Å². The van der Waals surface area contributed by atoms with Crippen molar-refractivity contribution in [2.75, 3.05) is 25.1 Å². The van der Waals surface area contributed by atoms with E-state index in [9.17, 15) is 8.42 Å². The summed E-state index contributed by atoms with van der Waals surface area (Å²) in [7, 11) is -2.06. The van der Waals surface area contributed by atoms with Crippen molar-refractivity contribution < 1.29 is 13.2 Å². The van der Waals surface area contributed by atoms with Gasteiger partial charge in [0.05, 0.1) is 16.9 Å². The Bertz CT molecular complexity index is 797. The van der Waals surface area contributed by atoms with E-state index in [1.54, 1.807) is 31.4 Å². The molecular formula is C17H18ClNO3S. The molecule has 2 aromatic rings. The van der Waals surface area contributed by atoms with E-state index in [0.717, 1.165) is 31.6 Å². The molecule has 3 rings (SSSR count). The first-order valence-corrected chi connectivity index (χ1v) is 9.31. The van der Waals surface area contributed by atoms with Gasteiger partial charge in [-0.1, -0.05) is 11.6 Å². The smallest absolute Gasteiger partial charge is 0.206 e. The second kappa shape index (κ2) is 6.42. The van der Waals surface area contributed by atoms with Crippen molar-refractivity contribution in [2.45, 2.75) is 22.6 Å². The zero-order chi connectivity index (χ0) is 16.4. The first-order chi connectivity index (χ1) is 11.0. The number of hydrogen-bond donors (Lipinski definition) is 0. The van der Waals surface area contributed by atoms with Crippen molar-refractivity contribution >= 4 is 27.1 Å². The molecule has 0 saturated carbocycles. The highest BCUT2D eigenvalue weighted by molar-refractivity contribution is 7.91. The zero-order valence-corrected chi connectivity index (χ0v) is 14.4. The van der Waals surface area contributed by atoms with Crippen LogP contribution in [0.25, 0.3) is 0 Å². The number of rotatable bonds is 4. The van der Waals surface area contributed by atoms with Gasteiger partial charge in [0.15, 0.2) is 0 Å². The Balaban J connectivity index is 2.07. The highest BCUT2D eigenvalue weighted by Crippen LogP contribution is 2.32. The highest BCUT2D eigenvalue weighted by Gasteiger charge is 2.21. The number of hydrogen-bond acceptors (Lipinski definition) is 4.